The van der Waals surface area contributed by atoms with E-state index in [4.69, 9.17) is 0 Å². The van der Waals surface area contributed by atoms with E-state index in [1.807, 2.05) is 37.3 Å². The highest BCUT2D eigenvalue weighted by molar-refractivity contribution is 7.89. The molecule has 0 amide bonds. The molecule has 2 N–H and O–H groups in total. The van der Waals surface area contributed by atoms with Crippen molar-refractivity contribution in [1.82, 2.24) is 19.9 Å². The fraction of sp³-hybridized carbons (Fsp3) is 0.500. The summed E-state index contributed by atoms with van der Waals surface area (Å²) >= 11 is 0. The summed E-state index contributed by atoms with van der Waals surface area (Å²) < 4.78 is 27.8. The topological polar surface area (TPSA) is 87.7 Å². The first-order valence-corrected chi connectivity index (χ1v) is 9.50. The molecular formula is C16H24N4O2S. The monoisotopic (exact) mass is 336 g/mol. The third kappa shape index (κ3) is 5.14. The molecule has 2 rings (SSSR count). The van der Waals surface area contributed by atoms with E-state index in [1.54, 1.807) is 6.92 Å². The first-order chi connectivity index (χ1) is 10.9. The van der Waals surface area contributed by atoms with E-state index in [0.717, 1.165) is 18.4 Å². The van der Waals surface area contributed by atoms with Crippen LogP contribution in [0.1, 0.15) is 49.9 Å². The average molecular weight is 336 g/mol. The van der Waals surface area contributed by atoms with Crippen molar-refractivity contribution in [2.45, 2.75) is 39.7 Å². The predicted molar refractivity (Wildman–Crippen MR) is 90.4 cm³/mol. The van der Waals surface area contributed by atoms with Gasteiger partial charge < -0.3 is 0 Å². The smallest absolute Gasteiger partial charge is 0.212 e. The highest BCUT2D eigenvalue weighted by atomic mass is 32.2. The summed E-state index contributed by atoms with van der Waals surface area (Å²) in [5.41, 5.74) is 0.818. The van der Waals surface area contributed by atoms with Crippen LogP contribution < -0.4 is 4.72 Å². The number of hydrogen-bond acceptors (Lipinski definition) is 4. The maximum atomic E-state index is 12.5. The van der Waals surface area contributed by atoms with Gasteiger partial charge in [0.05, 0.1) is 5.75 Å². The molecule has 1 aromatic heterocycles. The molecule has 6 nitrogen and oxygen atoms in total. The molecular weight excluding hydrogens is 312 g/mol. The van der Waals surface area contributed by atoms with Crippen LogP contribution in [0, 0.1) is 12.8 Å². The second-order valence-corrected chi connectivity index (χ2v) is 7.71. The van der Waals surface area contributed by atoms with Gasteiger partial charge in [-0.2, -0.15) is 9.82 Å². The highest BCUT2D eigenvalue weighted by Gasteiger charge is 2.25. The zero-order valence-electron chi connectivity index (χ0n) is 13.8. The Balaban J connectivity index is 2.25. The Bertz CT molecular complexity index is 713. The molecule has 0 radical (unpaired) electrons. The van der Waals surface area contributed by atoms with Crippen LogP contribution in [0.2, 0.25) is 0 Å². The summed E-state index contributed by atoms with van der Waals surface area (Å²) in [6.45, 7) is 5.80. The van der Waals surface area contributed by atoms with Crippen LogP contribution in [0.5, 0.6) is 0 Å². The van der Waals surface area contributed by atoms with Gasteiger partial charge in [-0.1, -0.05) is 50.6 Å². The van der Waals surface area contributed by atoms with Crippen molar-refractivity contribution in [3.63, 3.8) is 0 Å². The molecule has 0 saturated carbocycles. The minimum Gasteiger partial charge on any atom is -0.263 e. The van der Waals surface area contributed by atoms with Crippen molar-refractivity contribution in [1.29, 1.82) is 0 Å². The van der Waals surface area contributed by atoms with Gasteiger partial charge in [0.15, 0.2) is 5.82 Å². The standard InChI is InChI=1S/C16H24N4O2S/c1-4-8-12(2)11-23(21,22)20-15(14-9-6-5-7-10-14)16-17-13(3)18-19-16/h5-7,9-10,12,15,20H,4,8,11H2,1-3H3,(H,17,18,19). The number of benzene rings is 1. The number of nitrogens with zero attached hydrogens (tertiary/aromatic N) is 2. The fourth-order valence-electron chi connectivity index (χ4n) is 2.58. The lowest BCUT2D eigenvalue weighted by atomic mass is 10.1. The van der Waals surface area contributed by atoms with E-state index < -0.39 is 16.1 Å². The Morgan fingerprint density at radius 1 is 1.26 bits per heavy atom. The molecule has 2 aromatic rings. The molecule has 126 valence electrons. The van der Waals surface area contributed by atoms with Gasteiger partial charge in [0.25, 0.3) is 0 Å². The number of rotatable bonds is 8. The van der Waals surface area contributed by atoms with Crippen LogP contribution in [-0.4, -0.2) is 29.4 Å². The zero-order valence-corrected chi connectivity index (χ0v) is 14.6. The van der Waals surface area contributed by atoms with E-state index in [2.05, 4.69) is 26.8 Å². The van der Waals surface area contributed by atoms with Crippen LogP contribution in [0.4, 0.5) is 0 Å². The van der Waals surface area contributed by atoms with Crippen LogP contribution >= 0.6 is 0 Å². The van der Waals surface area contributed by atoms with Crippen molar-refractivity contribution < 1.29 is 8.42 Å². The molecule has 2 atom stereocenters. The molecule has 23 heavy (non-hydrogen) atoms. The van der Waals surface area contributed by atoms with E-state index >= 15 is 0 Å². The van der Waals surface area contributed by atoms with Gasteiger partial charge in [0.2, 0.25) is 10.0 Å². The molecule has 0 spiro atoms. The van der Waals surface area contributed by atoms with Crippen LogP contribution in [0.15, 0.2) is 30.3 Å². The molecule has 2 unspecified atom stereocenters. The van der Waals surface area contributed by atoms with Gasteiger partial charge in [-0.05, 0) is 24.8 Å². The van der Waals surface area contributed by atoms with Gasteiger partial charge in [0.1, 0.15) is 11.9 Å². The minimum absolute atomic E-state index is 0.105. The molecule has 1 aromatic carbocycles. The molecule has 7 heteroatoms. The summed E-state index contributed by atoms with van der Waals surface area (Å²) in [7, 11) is -3.43. The van der Waals surface area contributed by atoms with E-state index in [9.17, 15) is 8.42 Å². The summed E-state index contributed by atoms with van der Waals surface area (Å²) in [5.74, 6) is 1.30. The average Bonchev–Trinajstić information content (AvgIpc) is 2.92. The quantitative estimate of drug-likeness (QED) is 0.775. The van der Waals surface area contributed by atoms with E-state index in [0.29, 0.717) is 11.6 Å². The third-order valence-corrected chi connectivity index (χ3v) is 5.19. The number of sulfonamides is 1. The Morgan fingerprint density at radius 3 is 2.52 bits per heavy atom. The molecule has 0 fully saturated rings. The van der Waals surface area contributed by atoms with Gasteiger partial charge >= 0.3 is 0 Å². The van der Waals surface area contributed by atoms with Gasteiger partial charge in [-0.3, -0.25) is 5.10 Å². The van der Waals surface area contributed by atoms with E-state index in [-0.39, 0.29) is 11.7 Å². The summed E-state index contributed by atoms with van der Waals surface area (Å²) in [4.78, 5) is 4.29. The normalized spacial score (nSPS) is 14.6. The molecule has 0 saturated heterocycles. The molecule has 0 aliphatic heterocycles. The summed E-state index contributed by atoms with van der Waals surface area (Å²) in [6.07, 6.45) is 1.86. The Hall–Kier alpha value is -1.73. The van der Waals surface area contributed by atoms with E-state index in [1.165, 1.54) is 0 Å². The van der Waals surface area contributed by atoms with Crippen molar-refractivity contribution in [2.75, 3.05) is 5.75 Å². The number of hydrogen-bond donors (Lipinski definition) is 2. The molecule has 0 aliphatic carbocycles. The number of aryl methyl sites for hydroxylation is 1. The first-order valence-electron chi connectivity index (χ1n) is 7.85. The Morgan fingerprint density at radius 2 is 1.96 bits per heavy atom. The maximum absolute atomic E-state index is 12.5. The summed E-state index contributed by atoms with van der Waals surface area (Å²) in [5, 5.41) is 6.90. The van der Waals surface area contributed by atoms with Gasteiger partial charge in [-0.25, -0.2) is 13.4 Å². The highest BCUT2D eigenvalue weighted by Crippen LogP contribution is 2.21. The zero-order chi connectivity index (χ0) is 16.9. The summed E-state index contributed by atoms with van der Waals surface area (Å²) in [6, 6.07) is 8.79. The van der Waals surface area contributed by atoms with Crippen molar-refractivity contribution in [2.24, 2.45) is 5.92 Å². The lowest BCUT2D eigenvalue weighted by molar-refractivity contribution is 0.528. The van der Waals surface area contributed by atoms with Crippen LogP contribution in [-0.2, 0) is 10.0 Å². The molecule has 0 aliphatic rings. The Labute approximate surface area is 137 Å². The lowest BCUT2D eigenvalue weighted by Gasteiger charge is -2.18. The number of nitrogens with one attached hydrogen (secondary N) is 2. The first kappa shape index (κ1) is 17.6. The largest absolute Gasteiger partial charge is 0.263 e. The van der Waals surface area contributed by atoms with Crippen molar-refractivity contribution in [3.05, 3.63) is 47.5 Å². The molecule has 1 heterocycles. The second kappa shape index (κ2) is 7.70. The van der Waals surface area contributed by atoms with Crippen molar-refractivity contribution in [3.8, 4) is 0 Å². The number of H-pyrrole nitrogens is 1. The maximum Gasteiger partial charge on any atom is 0.212 e. The SMILES string of the molecule is CCCC(C)CS(=O)(=O)NC(c1ccccc1)c1n[nH]c(C)n1. The Kier molecular flexibility index (Phi) is 5.90. The molecule has 0 bridgehead atoms. The predicted octanol–water partition coefficient (Wildman–Crippen LogP) is 2.56. The number of aromatic nitrogens is 3. The minimum atomic E-state index is -3.43. The van der Waals surface area contributed by atoms with Crippen LogP contribution in [0.3, 0.4) is 0 Å². The number of aromatic amines is 1. The van der Waals surface area contributed by atoms with Crippen LogP contribution in [0.25, 0.3) is 0 Å². The lowest BCUT2D eigenvalue weighted by Crippen LogP contribution is -2.34. The third-order valence-electron chi connectivity index (χ3n) is 3.59. The fourth-order valence-corrected chi connectivity index (χ4v) is 4.20. The second-order valence-electron chi connectivity index (χ2n) is 5.92. The van der Waals surface area contributed by atoms with Crippen molar-refractivity contribution >= 4 is 10.0 Å². The van der Waals surface area contributed by atoms with Gasteiger partial charge in [0, 0.05) is 0 Å². The van der Waals surface area contributed by atoms with Gasteiger partial charge in [-0.15, -0.1) is 0 Å².